The van der Waals surface area contributed by atoms with Crippen LogP contribution < -0.4 is 5.32 Å². The highest BCUT2D eigenvalue weighted by Crippen LogP contribution is 2.34. The Bertz CT molecular complexity index is 1150. The van der Waals surface area contributed by atoms with Crippen molar-refractivity contribution in [3.05, 3.63) is 94.8 Å². The average Bonchev–Trinajstić information content (AvgIpc) is 3.09. The molecule has 3 aromatic rings. The predicted molar refractivity (Wildman–Crippen MR) is 116 cm³/mol. The summed E-state index contributed by atoms with van der Waals surface area (Å²) in [7, 11) is 2.52. The van der Waals surface area contributed by atoms with Crippen molar-refractivity contribution in [2.24, 2.45) is 0 Å². The molecule has 2 aromatic carbocycles. The van der Waals surface area contributed by atoms with Crippen molar-refractivity contribution in [3.63, 3.8) is 0 Å². The van der Waals surface area contributed by atoms with Gasteiger partial charge in [-0.05, 0) is 35.9 Å². The molecule has 4 rings (SSSR count). The maximum atomic E-state index is 13.1. The third-order valence-corrected chi connectivity index (χ3v) is 5.17. The van der Waals surface area contributed by atoms with E-state index in [0.29, 0.717) is 23.5 Å². The number of hydrogen-bond acceptors (Lipinski definition) is 7. The molecule has 8 nitrogen and oxygen atoms in total. The normalized spacial score (nSPS) is 14.6. The lowest BCUT2D eigenvalue weighted by Gasteiger charge is -2.27. The Morgan fingerprint density at radius 1 is 0.969 bits per heavy atom. The van der Waals surface area contributed by atoms with E-state index in [2.05, 4.69) is 10.3 Å². The molecule has 32 heavy (non-hydrogen) atoms. The second-order valence-electron chi connectivity index (χ2n) is 7.18. The minimum Gasteiger partial charge on any atom is -0.465 e. The van der Waals surface area contributed by atoms with Crippen LogP contribution in [0.1, 0.15) is 48.5 Å². The number of methoxy groups -OCH3 is 2. The van der Waals surface area contributed by atoms with Crippen molar-refractivity contribution < 1.29 is 23.9 Å². The molecule has 1 atom stereocenters. The third kappa shape index (κ3) is 4.02. The van der Waals surface area contributed by atoms with Crippen molar-refractivity contribution in [1.82, 2.24) is 9.88 Å². The Morgan fingerprint density at radius 2 is 1.62 bits per heavy atom. The molecule has 162 valence electrons. The summed E-state index contributed by atoms with van der Waals surface area (Å²) in [5.74, 6) is -1.35. The van der Waals surface area contributed by atoms with Crippen LogP contribution in [0.3, 0.4) is 0 Å². The molecule has 1 N–H and O–H groups in total. The highest BCUT2D eigenvalue weighted by molar-refractivity contribution is 5.99. The number of anilines is 1. The Balaban J connectivity index is 1.74. The number of benzene rings is 2. The molecule has 0 spiro atoms. The van der Waals surface area contributed by atoms with Gasteiger partial charge in [-0.1, -0.05) is 30.3 Å². The standard InChI is InChI=1S/C24H21N3O5/c1-31-23(29)16-11-17(24(30)32-2)13-18(12-16)26-21-20-19(9-6-10-25-20)22(28)27(21)14-15-7-4-3-5-8-15/h3-13,21,26H,14H2,1-2H3/t21-/m1/s1. The lowest BCUT2D eigenvalue weighted by atomic mass is 10.1. The highest BCUT2D eigenvalue weighted by atomic mass is 16.5. The number of ether oxygens (including phenoxy) is 2. The Hall–Kier alpha value is -4.20. The number of aromatic nitrogens is 1. The molecule has 2 heterocycles. The van der Waals surface area contributed by atoms with Crippen molar-refractivity contribution in [2.45, 2.75) is 12.7 Å². The summed E-state index contributed by atoms with van der Waals surface area (Å²) in [4.78, 5) is 43.5. The number of esters is 2. The van der Waals surface area contributed by atoms with Gasteiger partial charge in [-0.3, -0.25) is 9.78 Å². The highest BCUT2D eigenvalue weighted by Gasteiger charge is 2.38. The van der Waals surface area contributed by atoms with Crippen LogP contribution >= 0.6 is 0 Å². The Labute approximate surface area is 184 Å². The minimum absolute atomic E-state index is 0.160. The van der Waals surface area contributed by atoms with Crippen LogP contribution in [0.5, 0.6) is 0 Å². The fraction of sp³-hybridized carbons (Fsp3) is 0.167. The summed E-state index contributed by atoms with van der Waals surface area (Å²) < 4.78 is 9.61. The molecule has 1 aliphatic rings. The number of carbonyl (C=O) groups excluding carboxylic acids is 3. The minimum atomic E-state index is -0.600. The molecular formula is C24H21N3O5. The van der Waals surface area contributed by atoms with Gasteiger partial charge in [-0.15, -0.1) is 0 Å². The van der Waals surface area contributed by atoms with Crippen molar-refractivity contribution in [3.8, 4) is 0 Å². The number of pyridine rings is 1. The number of fused-ring (bicyclic) bond motifs is 1. The lowest BCUT2D eigenvalue weighted by molar-refractivity contribution is 0.0598. The van der Waals surface area contributed by atoms with Gasteiger partial charge < -0.3 is 19.7 Å². The SMILES string of the molecule is COC(=O)c1cc(N[C@H]2c3ncccc3C(=O)N2Cc2ccccc2)cc(C(=O)OC)c1. The zero-order valence-corrected chi connectivity index (χ0v) is 17.6. The van der Waals surface area contributed by atoms with Crippen LogP contribution in [0, 0.1) is 0 Å². The topological polar surface area (TPSA) is 97.8 Å². The second kappa shape index (κ2) is 8.89. The van der Waals surface area contributed by atoms with E-state index < -0.39 is 18.1 Å². The monoisotopic (exact) mass is 431 g/mol. The molecule has 0 saturated carbocycles. The summed E-state index contributed by atoms with van der Waals surface area (Å²) in [5, 5.41) is 3.26. The van der Waals surface area contributed by atoms with Crippen LogP contribution in [0.4, 0.5) is 5.69 Å². The zero-order valence-electron chi connectivity index (χ0n) is 17.6. The van der Waals surface area contributed by atoms with Crippen LogP contribution in [0.2, 0.25) is 0 Å². The van der Waals surface area contributed by atoms with E-state index in [0.717, 1.165) is 5.56 Å². The first-order valence-electron chi connectivity index (χ1n) is 9.90. The van der Waals surface area contributed by atoms with Gasteiger partial charge in [0, 0.05) is 18.4 Å². The summed E-state index contributed by atoms with van der Waals surface area (Å²) in [6, 6.07) is 17.6. The molecule has 1 aliphatic heterocycles. The average molecular weight is 431 g/mol. The fourth-order valence-electron chi connectivity index (χ4n) is 3.67. The smallest absolute Gasteiger partial charge is 0.337 e. The first-order valence-corrected chi connectivity index (χ1v) is 9.90. The number of nitrogens with one attached hydrogen (secondary N) is 1. The van der Waals surface area contributed by atoms with Gasteiger partial charge in [0.2, 0.25) is 0 Å². The Morgan fingerprint density at radius 3 is 2.25 bits per heavy atom. The first-order chi connectivity index (χ1) is 15.5. The van der Waals surface area contributed by atoms with Crippen LogP contribution in [0.25, 0.3) is 0 Å². The Kier molecular flexibility index (Phi) is 5.85. The number of hydrogen-bond donors (Lipinski definition) is 1. The van der Waals surface area contributed by atoms with Crippen LogP contribution in [-0.4, -0.2) is 41.9 Å². The third-order valence-electron chi connectivity index (χ3n) is 5.17. The molecule has 0 aliphatic carbocycles. The fourth-order valence-corrected chi connectivity index (χ4v) is 3.67. The number of carbonyl (C=O) groups is 3. The quantitative estimate of drug-likeness (QED) is 0.597. The number of amides is 1. The molecule has 1 amide bonds. The maximum absolute atomic E-state index is 13.1. The zero-order chi connectivity index (χ0) is 22.7. The molecule has 8 heteroatoms. The van der Waals surface area contributed by atoms with Gasteiger partial charge in [-0.2, -0.15) is 0 Å². The van der Waals surface area contributed by atoms with Crippen molar-refractivity contribution >= 4 is 23.5 Å². The van der Waals surface area contributed by atoms with E-state index >= 15 is 0 Å². The van der Waals surface area contributed by atoms with Gasteiger partial charge in [-0.25, -0.2) is 9.59 Å². The van der Waals surface area contributed by atoms with E-state index in [-0.39, 0.29) is 17.0 Å². The van der Waals surface area contributed by atoms with Gasteiger partial charge in [0.05, 0.1) is 36.6 Å². The first kappa shape index (κ1) is 21.0. The molecule has 0 fully saturated rings. The number of rotatable bonds is 6. The summed E-state index contributed by atoms with van der Waals surface area (Å²) in [6.45, 7) is 0.355. The van der Waals surface area contributed by atoms with E-state index in [4.69, 9.17) is 9.47 Å². The van der Waals surface area contributed by atoms with Crippen LogP contribution in [-0.2, 0) is 16.0 Å². The van der Waals surface area contributed by atoms with Gasteiger partial charge in [0.25, 0.3) is 5.91 Å². The van der Waals surface area contributed by atoms with Gasteiger partial charge in [0.1, 0.15) is 6.17 Å². The van der Waals surface area contributed by atoms with Crippen LogP contribution in [0.15, 0.2) is 66.9 Å². The second-order valence-corrected chi connectivity index (χ2v) is 7.18. The van der Waals surface area contributed by atoms with Crippen molar-refractivity contribution in [2.75, 3.05) is 19.5 Å². The largest absolute Gasteiger partial charge is 0.465 e. The predicted octanol–water partition coefficient (Wildman–Crippen LogP) is 3.42. The lowest BCUT2D eigenvalue weighted by Crippen LogP contribution is -2.32. The summed E-state index contributed by atoms with van der Waals surface area (Å²) in [6.07, 6.45) is 1.02. The summed E-state index contributed by atoms with van der Waals surface area (Å²) >= 11 is 0. The summed E-state index contributed by atoms with van der Waals surface area (Å²) in [5.41, 5.74) is 2.83. The molecule has 1 aromatic heterocycles. The van der Waals surface area contributed by atoms with Gasteiger partial charge >= 0.3 is 11.9 Å². The van der Waals surface area contributed by atoms with E-state index in [1.165, 1.54) is 20.3 Å². The molecular weight excluding hydrogens is 410 g/mol. The van der Waals surface area contributed by atoms with E-state index in [1.807, 2.05) is 30.3 Å². The van der Waals surface area contributed by atoms with E-state index in [9.17, 15) is 14.4 Å². The molecule has 0 unspecified atom stereocenters. The number of nitrogens with zero attached hydrogens (tertiary/aromatic N) is 2. The maximum Gasteiger partial charge on any atom is 0.337 e. The molecule has 0 bridgehead atoms. The van der Waals surface area contributed by atoms with Gasteiger partial charge in [0.15, 0.2) is 0 Å². The van der Waals surface area contributed by atoms with E-state index in [1.54, 1.807) is 35.4 Å². The molecule has 0 radical (unpaired) electrons. The van der Waals surface area contributed by atoms with Crippen molar-refractivity contribution in [1.29, 1.82) is 0 Å². The molecule has 0 saturated heterocycles.